The van der Waals surface area contributed by atoms with Gasteiger partial charge in [-0.3, -0.25) is 14.2 Å². The number of aromatic hydroxyl groups is 1. The fraction of sp³-hybridized carbons (Fsp3) is 0.389. The molecule has 1 aliphatic heterocycles. The summed E-state index contributed by atoms with van der Waals surface area (Å²) in [6, 6.07) is 4.60. The van der Waals surface area contributed by atoms with Gasteiger partial charge in [0.1, 0.15) is 11.6 Å². The third-order valence-electron chi connectivity index (χ3n) is 4.71. The van der Waals surface area contributed by atoms with Crippen LogP contribution in [0.15, 0.2) is 29.1 Å². The van der Waals surface area contributed by atoms with Crippen molar-refractivity contribution in [3.8, 4) is 5.75 Å². The topological polar surface area (TPSA) is 142 Å². The van der Waals surface area contributed by atoms with Crippen LogP contribution < -0.4 is 20.9 Å². The zero-order chi connectivity index (χ0) is 22.1. The molecule has 2 heterocycles. The van der Waals surface area contributed by atoms with E-state index in [4.69, 9.17) is 0 Å². The van der Waals surface area contributed by atoms with Crippen molar-refractivity contribution in [1.29, 1.82) is 0 Å². The third-order valence-corrected chi connectivity index (χ3v) is 5.47. The van der Waals surface area contributed by atoms with E-state index in [1.54, 1.807) is 0 Å². The van der Waals surface area contributed by atoms with Crippen LogP contribution in [0.5, 0.6) is 5.75 Å². The van der Waals surface area contributed by atoms with Gasteiger partial charge in [0.2, 0.25) is 15.8 Å². The largest absolute Gasteiger partial charge is 0.501 e. The molecule has 4 N–H and O–H groups in total. The van der Waals surface area contributed by atoms with Crippen molar-refractivity contribution in [3.63, 3.8) is 0 Å². The molecule has 1 saturated heterocycles. The summed E-state index contributed by atoms with van der Waals surface area (Å²) in [6.45, 7) is 0.368. The summed E-state index contributed by atoms with van der Waals surface area (Å²) in [6.07, 6.45) is 1.37. The van der Waals surface area contributed by atoms with Gasteiger partial charge < -0.3 is 15.7 Å². The molecule has 3 rings (SSSR count). The van der Waals surface area contributed by atoms with E-state index in [1.165, 1.54) is 31.3 Å². The molecule has 10 nitrogen and oxygen atoms in total. The number of rotatable bonds is 6. The second kappa shape index (κ2) is 8.50. The van der Waals surface area contributed by atoms with Crippen LogP contribution in [0.3, 0.4) is 0 Å². The highest BCUT2D eigenvalue weighted by Crippen LogP contribution is 2.23. The Balaban J connectivity index is 1.80. The van der Waals surface area contributed by atoms with E-state index in [2.05, 4.69) is 20.3 Å². The number of carbonyl (C=O) groups is 1. The van der Waals surface area contributed by atoms with Crippen LogP contribution in [-0.4, -0.2) is 47.8 Å². The molecular formula is C18H22FN5O5S. The van der Waals surface area contributed by atoms with E-state index in [1.807, 2.05) is 0 Å². The number of nitrogens with zero attached hydrogens (tertiary/aromatic N) is 2. The lowest BCUT2D eigenvalue weighted by Crippen LogP contribution is -2.35. The predicted molar refractivity (Wildman–Crippen MR) is 106 cm³/mol. The zero-order valence-electron chi connectivity index (χ0n) is 16.3. The van der Waals surface area contributed by atoms with Gasteiger partial charge in [0.15, 0.2) is 5.69 Å². The fourth-order valence-electron chi connectivity index (χ4n) is 3.27. The Morgan fingerprint density at radius 3 is 2.67 bits per heavy atom. The quantitative estimate of drug-likeness (QED) is 0.476. The molecule has 1 fully saturated rings. The summed E-state index contributed by atoms with van der Waals surface area (Å²) >= 11 is 0. The average Bonchev–Trinajstić information content (AvgIpc) is 3.12. The monoisotopic (exact) mass is 439 g/mol. The first-order chi connectivity index (χ1) is 14.0. The highest BCUT2D eigenvalue weighted by atomic mass is 32.2. The lowest BCUT2D eigenvalue weighted by molar-refractivity contribution is 0.0941. The van der Waals surface area contributed by atoms with Crippen LogP contribution in [-0.2, 0) is 23.6 Å². The van der Waals surface area contributed by atoms with Crippen molar-refractivity contribution in [1.82, 2.24) is 24.9 Å². The number of halogens is 1. The molecule has 1 aromatic heterocycles. The van der Waals surface area contributed by atoms with E-state index < -0.39 is 50.8 Å². The van der Waals surface area contributed by atoms with Gasteiger partial charge in [-0.05, 0) is 24.1 Å². The van der Waals surface area contributed by atoms with Crippen LogP contribution in [0.25, 0.3) is 0 Å². The summed E-state index contributed by atoms with van der Waals surface area (Å²) < 4.78 is 39.4. The van der Waals surface area contributed by atoms with Crippen LogP contribution in [0.4, 0.5) is 4.39 Å². The molecule has 1 aliphatic rings. The average molecular weight is 439 g/mol. The molecule has 1 aromatic carbocycles. The number of hydrogen-bond donors (Lipinski definition) is 4. The first-order valence-corrected chi connectivity index (χ1v) is 11.0. The molecular weight excluding hydrogens is 417 g/mol. The normalized spacial score (nSPS) is 19.0. The SMILES string of the molecule is Cn1c([C@@H]2C[C@H](NS(C)(=O)=O)CN2)nc(C(=O)NCc2ccc(F)cc2)c(O)c1=O. The molecule has 162 valence electrons. The third kappa shape index (κ3) is 5.01. The summed E-state index contributed by atoms with van der Waals surface area (Å²) in [5, 5.41) is 15.7. The Hall–Kier alpha value is -2.83. The van der Waals surface area contributed by atoms with Gasteiger partial charge in [-0.1, -0.05) is 12.1 Å². The molecule has 12 heteroatoms. The van der Waals surface area contributed by atoms with Gasteiger partial charge in [0.05, 0.1) is 12.3 Å². The number of sulfonamides is 1. The van der Waals surface area contributed by atoms with E-state index >= 15 is 0 Å². The van der Waals surface area contributed by atoms with Crippen LogP contribution >= 0.6 is 0 Å². The Morgan fingerprint density at radius 1 is 1.37 bits per heavy atom. The van der Waals surface area contributed by atoms with Gasteiger partial charge in [-0.15, -0.1) is 0 Å². The van der Waals surface area contributed by atoms with Crippen molar-refractivity contribution in [2.75, 3.05) is 12.8 Å². The molecule has 2 aromatic rings. The standard InChI is InChI=1S/C18H22FN5O5S/c1-24-16(13-7-12(9-20-13)23-30(2,28)29)22-14(15(25)18(24)27)17(26)21-8-10-3-5-11(19)6-4-10/h3-6,12-13,20,23,25H,7-9H2,1-2H3,(H,21,26)/t12-,13-/m0/s1. The second-order valence-corrected chi connectivity index (χ2v) is 8.90. The number of benzene rings is 1. The molecule has 0 radical (unpaired) electrons. The van der Waals surface area contributed by atoms with Crippen LogP contribution in [0, 0.1) is 5.82 Å². The number of aromatic nitrogens is 2. The van der Waals surface area contributed by atoms with E-state index in [9.17, 15) is 27.5 Å². The van der Waals surface area contributed by atoms with Gasteiger partial charge in [0, 0.05) is 26.2 Å². The molecule has 0 bridgehead atoms. The molecule has 30 heavy (non-hydrogen) atoms. The summed E-state index contributed by atoms with van der Waals surface area (Å²) in [4.78, 5) is 29.1. The minimum Gasteiger partial charge on any atom is -0.501 e. The number of nitrogens with one attached hydrogen (secondary N) is 3. The van der Waals surface area contributed by atoms with Crippen molar-refractivity contribution in [3.05, 3.63) is 57.5 Å². The molecule has 2 atom stereocenters. The van der Waals surface area contributed by atoms with Crippen molar-refractivity contribution in [2.24, 2.45) is 7.05 Å². The Bertz CT molecular complexity index is 1120. The van der Waals surface area contributed by atoms with Crippen molar-refractivity contribution in [2.45, 2.75) is 25.0 Å². The van der Waals surface area contributed by atoms with E-state index in [0.29, 0.717) is 18.5 Å². The van der Waals surface area contributed by atoms with Gasteiger partial charge in [-0.25, -0.2) is 22.5 Å². The maximum atomic E-state index is 13.0. The highest BCUT2D eigenvalue weighted by molar-refractivity contribution is 7.88. The second-order valence-electron chi connectivity index (χ2n) is 7.12. The zero-order valence-corrected chi connectivity index (χ0v) is 17.2. The Labute approximate surface area is 172 Å². The minimum absolute atomic E-state index is 0.0484. The van der Waals surface area contributed by atoms with Gasteiger partial charge in [-0.2, -0.15) is 0 Å². The van der Waals surface area contributed by atoms with Gasteiger partial charge in [0.25, 0.3) is 11.5 Å². The summed E-state index contributed by atoms with van der Waals surface area (Å²) in [5.41, 5.74) is -0.606. The summed E-state index contributed by atoms with van der Waals surface area (Å²) in [5.74, 6) is -1.77. The number of amides is 1. The maximum Gasteiger partial charge on any atom is 0.296 e. The molecule has 0 spiro atoms. The van der Waals surface area contributed by atoms with Gasteiger partial charge >= 0.3 is 0 Å². The molecule has 0 unspecified atom stereocenters. The van der Waals surface area contributed by atoms with Crippen LogP contribution in [0.1, 0.15) is 34.3 Å². The Kier molecular flexibility index (Phi) is 6.19. The van der Waals surface area contributed by atoms with Crippen molar-refractivity contribution < 1.29 is 22.7 Å². The molecule has 0 saturated carbocycles. The Morgan fingerprint density at radius 2 is 2.03 bits per heavy atom. The first kappa shape index (κ1) is 21.9. The summed E-state index contributed by atoms with van der Waals surface area (Å²) in [7, 11) is -2.00. The minimum atomic E-state index is -3.40. The molecule has 0 aliphatic carbocycles. The van der Waals surface area contributed by atoms with E-state index in [0.717, 1.165) is 10.8 Å². The smallest absolute Gasteiger partial charge is 0.296 e. The molecule has 1 amide bonds. The fourth-order valence-corrected chi connectivity index (χ4v) is 4.05. The highest BCUT2D eigenvalue weighted by Gasteiger charge is 2.31. The number of carbonyl (C=O) groups excluding carboxylic acids is 1. The maximum absolute atomic E-state index is 13.0. The van der Waals surface area contributed by atoms with Crippen LogP contribution in [0.2, 0.25) is 0 Å². The number of hydrogen-bond acceptors (Lipinski definition) is 7. The lowest BCUT2D eigenvalue weighted by Gasteiger charge is -2.16. The first-order valence-electron chi connectivity index (χ1n) is 9.08. The predicted octanol–water partition coefficient (Wildman–Crippen LogP) is -0.493. The van der Waals surface area contributed by atoms with E-state index in [-0.39, 0.29) is 12.4 Å². The van der Waals surface area contributed by atoms with Crippen molar-refractivity contribution >= 4 is 15.9 Å². The lowest BCUT2D eigenvalue weighted by atomic mass is 10.1.